The number of rotatable bonds is 7. The van der Waals surface area contributed by atoms with E-state index in [-0.39, 0.29) is 17.2 Å². The van der Waals surface area contributed by atoms with Crippen LogP contribution in [0.5, 0.6) is 0 Å². The van der Waals surface area contributed by atoms with E-state index >= 15 is 0 Å². The van der Waals surface area contributed by atoms with E-state index in [1.165, 1.54) is 23.1 Å². The van der Waals surface area contributed by atoms with Gasteiger partial charge in [0.15, 0.2) is 5.16 Å². The third-order valence-corrected chi connectivity index (χ3v) is 6.97. The van der Waals surface area contributed by atoms with E-state index in [0.29, 0.717) is 38.8 Å². The van der Waals surface area contributed by atoms with Crippen LogP contribution < -0.4 is 10.9 Å². The van der Waals surface area contributed by atoms with Crippen LogP contribution in [0.4, 0.5) is 5.69 Å². The minimum Gasteiger partial charge on any atom is -0.325 e. The van der Waals surface area contributed by atoms with Gasteiger partial charge in [-0.2, -0.15) is 0 Å². The zero-order chi connectivity index (χ0) is 22.1. The number of thioether (sulfide) groups is 1. The molecule has 0 unspecified atom stereocenters. The topological polar surface area (TPSA) is 81.3 Å². The van der Waals surface area contributed by atoms with Crippen LogP contribution in [0.1, 0.15) is 25.8 Å². The normalized spacial score (nSPS) is 11.6. The minimum absolute atomic E-state index is 0.0451. The molecule has 0 saturated carbocycles. The smallest absolute Gasteiger partial charge is 0.272 e. The van der Waals surface area contributed by atoms with E-state index in [1.54, 1.807) is 16.7 Å². The highest BCUT2D eigenvalue weighted by Gasteiger charge is 2.19. The molecular formula is C21H22ClN5O2S2. The van der Waals surface area contributed by atoms with Crippen LogP contribution in [-0.4, -0.2) is 30.8 Å². The van der Waals surface area contributed by atoms with Crippen LogP contribution in [0.15, 0.2) is 39.6 Å². The first-order chi connectivity index (χ1) is 14.8. The number of aromatic nitrogens is 4. The van der Waals surface area contributed by atoms with Crippen molar-refractivity contribution in [2.75, 3.05) is 11.1 Å². The van der Waals surface area contributed by atoms with E-state index in [0.717, 1.165) is 17.5 Å². The summed E-state index contributed by atoms with van der Waals surface area (Å²) in [7, 11) is 0. The van der Waals surface area contributed by atoms with Gasteiger partial charge in [0.2, 0.25) is 11.7 Å². The highest BCUT2D eigenvalue weighted by molar-refractivity contribution is 7.99. The van der Waals surface area contributed by atoms with Gasteiger partial charge in [-0.1, -0.05) is 43.3 Å². The van der Waals surface area contributed by atoms with Crippen molar-refractivity contribution in [1.82, 2.24) is 19.2 Å². The summed E-state index contributed by atoms with van der Waals surface area (Å²) in [5.74, 6) is 0.956. The number of nitrogens with one attached hydrogen (secondary N) is 1. The molecule has 0 aliphatic heterocycles. The Hall–Kier alpha value is -2.36. The van der Waals surface area contributed by atoms with Gasteiger partial charge < -0.3 is 5.32 Å². The molecule has 4 aromatic rings. The number of carbonyl (C=O) groups is 1. The molecule has 0 aliphatic carbocycles. The average molecular weight is 476 g/mol. The van der Waals surface area contributed by atoms with Gasteiger partial charge in [-0.15, -0.1) is 21.5 Å². The quantitative estimate of drug-likeness (QED) is 0.386. The Labute approximate surface area is 192 Å². The second-order valence-corrected chi connectivity index (χ2v) is 9.98. The van der Waals surface area contributed by atoms with Crippen LogP contribution >= 0.6 is 34.7 Å². The van der Waals surface area contributed by atoms with Crippen molar-refractivity contribution in [3.63, 3.8) is 0 Å². The van der Waals surface area contributed by atoms with Crippen LogP contribution in [-0.2, 0) is 11.3 Å². The zero-order valence-electron chi connectivity index (χ0n) is 17.4. The molecule has 3 aromatic heterocycles. The number of thiophene rings is 1. The fourth-order valence-electron chi connectivity index (χ4n) is 3.23. The lowest BCUT2D eigenvalue weighted by Gasteiger charge is -2.11. The molecule has 31 heavy (non-hydrogen) atoms. The molecule has 162 valence electrons. The number of anilines is 1. The molecule has 1 amide bonds. The number of aryl methyl sites for hydroxylation is 2. The van der Waals surface area contributed by atoms with E-state index < -0.39 is 0 Å². The molecule has 0 saturated heterocycles. The second kappa shape index (κ2) is 9.02. The monoisotopic (exact) mass is 475 g/mol. The Morgan fingerprint density at radius 1 is 1.29 bits per heavy atom. The van der Waals surface area contributed by atoms with Crippen LogP contribution in [0.3, 0.4) is 0 Å². The zero-order valence-corrected chi connectivity index (χ0v) is 19.8. The summed E-state index contributed by atoms with van der Waals surface area (Å²) in [6.07, 6.45) is 0.864. The first kappa shape index (κ1) is 21.9. The molecule has 0 fully saturated rings. The highest BCUT2D eigenvalue weighted by Crippen LogP contribution is 2.25. The third kappa shape index (κ3) is 4.49. The number of halogens is 1. The summed E-state index contributed by atoms with van der Waals surface area (Å²) in [5.41, 5.74) is 2.34. The van der Waals surface area contributed by atoms with Gasteiger partial charge in [0.25, 0.3) is 5.56 Å². The van der Waals surface area contributed by atoms with Gasteiger partial charge in [0, 0.05) is 17.3 Å². The molecule has 10 heteroatoms. The lowest BCUT2D eigenvalue weighted by Crippen LogP contribution is -2.23. The maximum atomic E-state index is 13.0. The number of hydrogen-bond donors (Lipinski definition) is 1. The Bertz CT molecular complexity index is 1320. The number of benzene rings is 1. The van der Waals surface area contributed by atoms with Gasteiger partial charge in [-0.3, -0.25) is 18.6 Å². The predicted molar refractivity (Wildman–Crippen MR) is 128 cm³/mol. The third-order valence-electron chi connectivity index (χ3n) is 4.92. The second-order valence-electron chi connectivity index (χ2n) is 7.69. The standard InChI is InChI=1S/C21H22ClN5O2S2/c1-12(2)6-8-26-19(29)18-16(7-9-30-18)27-20(26)24-25-21(27)31-11-17(28)23-15-10-14(22)5-4-13(15)3/h4-5,7,9-10,12H,6,8,11H2,1-3H3,(H,23,28). The van der Waals surface area contributed by atoms with E-state index in [2.05, 4.69) is 29.4 Å². The molecule has 0 spiro atoms. The molecule has 0 atom stereocenters. The van der Waals surface area contributed by atoms with Gasteiger partial charge in [0.1, 0.15) is 4.70 Å². The van der Waals surface area contributed by atoms with Crippen molar-refractivity contribution in [3.8, 4) is 0 Å². The molecule has 0 bridgehead atoms. The van der Waals surface area contributed by atoms with Crippen molar-refractivity contribution in [3.05, 3.63) is 50.6 Å². The maximum absolute atomic E-state index is 13.0. The Kier molecular flexibility index (Phi) is 6.36. The molecule has 4 rings (SSSR count). The lowest BCUT2D eigenvalue weighted by molar-refractivity contribution is -0.113. The Balaban J connectivity index is 1.62. The number of hydrogen-bond acceptors (Lipinski definition) is 6. The van der Waals surface area contributed by atoms with Gasteiger partial charge in [0.05, 0.1) is 11.3 Å². The molecule has 7 nitrogen and oxygen atoms in total. The molecule has 0 radical (unpaired) electrons. The first-order valence-corrected chi connectivity index (χ1v) is 12.1. The van der Waals surface area contributed by atoms with Crippen molar-refractivity contribution >= 4 is 62.3 Å². The van der Waals surface area contributed by atoms with Gasteiger partial charge >= 0.3 is 0 Å². The molecular weight excluding hydrogens is 454 g/mol. The Morgan fingerprint density at radius 3 is 2.87 bits per heavy atom. The number of fused-ring (bicyclic) bond motifs is 3. The van der Waals surface area contributed by atoms with Crippen LogP contribution in [0, 0.1) is 12.8 Å². The highest BCUT2D eigenvalue weighted by atomic mass is 35.5. The van der Waals surface area contributed by atoms with Crippen LogP contribution in [0.25, 0.3) is 16.0 Å². The minimum atomic E-state index is -0.165. The molecule has 0 aliphatic rings. The SMILES string of the molecule is Cc1ccc(Cl)cc1NC(=O)CSc1nnc2n(CCC(C)C)c(=O)c3sccc3n12. The number of nitrogens with zero attached hydrogens (tertiary/aromatic N) is 4. The Morgan fingerprint density at radius 2 is 2.10 bits per heavy atom. The maximum Gasteiger partial charge on any atom is 0.272 e. The summed E-state index contributed by atoms with van der Waals surface area (Å²) < 4.78 is 4.22. The van der Waals surface area contributed by atoms with Gasteiger partial charge in [-0.05, 0) is 48.4 Å². The van der Waals surface area contributed by atoms with Crippen molar-refractivity contribution in [2.45, 2.75) is 38.9 Å². The largest absolute Gasteiger partial charge is 0.325 e. The van der Waals surface area contributed by atoms with E-state index in [1.807, 2.05) is 28.8 Å². The predicted octanol–water partition coefficient (Wildman–Crippen LogP) is 4.84. The molecule has 1 aromatic carbocycles. The van der Waals surface area contributed by atoms with Crippen molar-refractivity contribution < 1.29 is 4.79 Å². The summed E-state index contributed by atoms with van der Waals surface area (Å²) in [6.45, 7) is 6.73. The summed E-state index contributed by atoms with van der Waals surface area (Å²) in [4.78, 5) is 25.5. The summed E-state index contributed by atoms with van der Waals surface area (Å²) in [5, 5.41) is 14.5. The molecule has 3 heterocycles. The van der Waals surface area contributed by atoms with Gasteiger partial charge in [-0.25, -0.2) is 0 Å². The first-order valence-electron chi connectivity index (χ1n) is 9.89. The summed E-state index contributed by atoms with van der Waals surface area (Å²) in [6, 6.07) is 7.27. The van der Waals surface area contributed by atoms with Crippen molar-refractivity contribution in [2.24, 2.45) is 5.92 Å². The summed E-state index contributed by atoms with van der Waals surface area (Å²) >= 11 is 8.73. The van der Waals surface area contributed by atoms with Crippen molar-refractivity contribution in [1.29, 1.82) is 0 Å². The number of carbonyl (C=O) groups excluding carboxylic acids is 1. The van der Waals surface area contributed by atoms with E-state index in [9.17, 15) is 9.59 Å². The van der Waals surface area contributed by atoms with E-state index in [4.69, 9.17) is 11.6 Å². The van der Waals surface area contributed by atoms with Crippen LogP contribution in [0.2, 0.25) is 5.02 Å². The fourth-order valence-corrected chi connectivity index (χ4v) is 4.96. The average Bonchev–Trinajstić information content (AvgIpc) is 3.36. The fraction of sp³-hybridized carbons (Fsp3) is 0.333. The number of amides is 1. The molecule has 1 N–H and O–H groups in total. The lowest BCUT2D eigenvalue weighted by atomic mass is 10.1.